The number of carboxylic acid groups (broad SMARTS) is 1. The van der Waals surface area contributed by atoms with E-state index in [-0.39, 0.29) is 30.5 Å². The summed E-state index contributed by atoms with van der Waals surface area (Å²) in [6.45, 7) is 1.72. The van der Waals surface area contributed by atoms with Crippen LogP contribution in [0.1, 0.15) is 25.7 Å². The maximum absolute atomic E-state index is 11.9. The number of hydrogen-bond donors (Lipinski definition) is 1. The van der Waals surface area contributed by atoms with Crippen LogP contribution in [0.4, 0.5) is 0 Å². The van der Waals surface area contributed by atoms with Crippen LogP contribution in [0.5, 0.6) is 0 Å². The van der Waals surface area contributed by atoms with Gasteiger partial charge < -0.3 is 19.5 Å². The fraction of sp³-hybridized carbons (Fsp3) is 0.833. The van der Waals surface area contributed by atoms with E-state index in [1.165, 1.54) is 0 Å². The first-order valence-corrected chi connectivity index (χ1v) is 6.24. The Kier molecular flexibility index (Phi) is 3.87. The van der Waals surface area contributed by atoms with Crippen LogP contribution in [0.3, 0.4) is 0 Å². The molecule has 2 heterocycles. The molecule has 0 aliphatic carbocycles. The van der Waals surface area contributed by atoms with Crippen LogP contribution >= 0.6 is 0 Å². The number of aliphatic carboxylic acids is 1. The molecule has 2 atom stereocenters. The van der Waals surface area contributed by atoms with E-state index in [1.807, 2.05) is 0 Å². The van der Waals surface area contributed by atoms with Gasteiger partial charge in [-0.15, -0.1) is 0 Å². The van der Waals surface area contributed by atoms with Crippen LogP contribution in [0.25, 0.3) is 0 Å². The van der Waals surface area contributed by atoms with Crippen molar-refractivity contribution in [2.24, 2.45) is 0 Å². The van der Waals surface area contributed by atoms with Gasteiger partial charge in [0.2, 0.25) is 5.91 Å². The molecule has 102 valence electrons. The minimum Gasteiger partial charge on any atom is -0.481 e. The number of rotatable bonds is 4. The second-order valence-electron chi connectivity index (χ2n) is 4.91. The molecule has 2 fully saturated rings. The summed E-state index contributed by atoms with van der Waals surface area (Å²) in [5.74, 6) is -1.08. The Hall–Kier alpha value is -1.14. The molecule has 0 radical (unpaired) electrons. The van der Waals surface area contributed by atoms with Gasteiger partial charge in [-0.25, -0.2) is 0 Å². The number of ether oxygens (including phenoxy) is 2. The molecule has 6 nitrogen and oxygen atoms in total. The van der Waals surface area contributed by atoms with Crippen molar-refractivity contribution in [3.8, 4) is 0 Å². The number of carboxylic acids is 1. The lowest BCUT2D eigenvalue weighted by Crippen LogP contribution is -2.42. The Balaban J connectivity index is 1.96. The molecule has 0 saturated carbocycles. The van der Waals surface area contributed by atoms with E-state index in [9.17, 15) is 9.59 Å². The van der Waals surface area contributed by atoms with E-state index >= 15 is 0 Å². The van der Waals surface area contributed by atoms with Crippen molar-refractivity contribution < 1.29 is 24.2 Å². The number of nitrogens with zero attached hydrogens (tertiary/aromatic N) is 1. The molecular weight excluding hydrogens is 238 g/mol. The third kappa shape index (κ3) is 2.49. The fourth-order valence-electron chi connectivity index (χ4n) is 2.80. The minimum absolute atomic E-state index is 0.0435. The summed E-state index contributed by atoms with van der Waals surface area (Å²) in [5, 5.41) is 8.59. The van der Waals surface area contributed by atoms with Gasteiger partial charge in [-0.05, 0) is 12.8 Å². The van der Waals surface area contributed by atoms with Gasteiger partial charge in [-0.2, -0.15) is 0 Å². The van der Waals surface area contributed by atoms with Gasteiger partial charge in [-0.3, -0.25) is 9.59 Å². The standard InChI is InChI=1S/C12H19NO5/c1-17-9-7-13(10(14)3-4-11(15)16)8-12(9)5-2-6-18-12/h9H,2-8H2,1H3,(H,15,16)/t9-,12-/m0/s1. The fourth-order valence-corrected chi connectivity index (χ4v) is 2.80. The molecule has 0 aromatic heterocycles. The largest absolute Gasteiger partial charge is 0.481 e. The van der Waals surface area contributed by atoms with Gasteiger partial charge in [0.15, 0.2) is 0 Å². The van der Waals surface area contributed by atoms with Crippen LogP contribution in [0.15, 0.2) is 0 Å². The number of carbonyl (C=O) groups excluding carboxylic acids is 1. The first kappa shape index (κ1) is 13.3. The topological polar surface area (TPSA) is 76.1 Å². The van der Waals surface area contributed by atoms with Gasteiger partial charge >= 0.3 is 5.97 Å². The molecule has 1 N–H and O–H groups in total. The van der Waals surface area contributed by atoms with Crippen LogP contribution < -0.4 is 0 Å². The average molecular weight is 257 g/mol. The van der Waals surface area contributed by atoms with Gasteiger partial charge in [0.05, 0.1) is 13.0 Å². The van der Waals surface area contributed by atoms with Crippen molar-refractivity contribution in [2.45, 2.75) is 37.4 Å². The van der Waals surface area contributed by atoms with Gasteiger partial charge in [-0.1, -0.05) is 0 Å². The quantitative estimate of drug-likeness (QED) is 0.781. The third-order valence-electron chi connectivity index (χ3n) is 3.76. The highest BCUT2D eigenvalue weighted by Crippen LogP contribution is 2.36. The average Bonchev–Trinajstić information content (AvgIpc) is 2.94. The van der Waals surface area contributed by atoms with Crippen molar-refractivity contribution in [1.82, 2.24) is 4.90 Å². The molecule has 6 heteroatoms. The van der Waals surface area contributed by atoms with Crippen LogP contribution in [-0.4, -0.2) is 60.4 Å². The smallest absolute Gasteiger partial charge is 0.303 e. The predicted molar refractivity (Wildman–Crippen MR) is 62.2 cm³/mol. The summed E-state index contributed by atoms with van der Waals surface area (Å²) < 4.78 is 11.2. The summed E-state index contributed by atoms with van der Waals surface area (Å²) in [7, 11) is 1.62. The monoisotopic (exact) mass is 257 g/mol. The summed E-state index contributed by atoms with van der Waals surface area (Å²) in [6.07, 6.45) is 1.70. The maximum atomic E-state index is 11.9. The van der Waals surface area contributed by atoms with Crippen molar-refractivity contribution in [1.29, 1.82) is 0 Å². The molecule has 0 unspecified atom stereocenters. The van der Waals surface area contributed by atoms with E-state index in [2.05, 4.69) is 0 Å². The summed E-state index contributed by atoms with van der Waals surface area (Å²) in [4.78, 5) is 24.0. The molecule has 0 aromatic rings. The van der Waals surface area contributed by atoms with Crippen molar-refractivity contribution in [3.05, 3.63) is 0 Å². The highest BCUT2D eigenvalue weighted by molar-refractivity contribution is 5.81. The zero-order chi connectivity index (χ0) is 13.2. The van der Waals surface area contributed by atoms with E-state index < -0.39 is 5.97 Å². The molecular formula is C12H19NO5. The van der Waals surface area contributed by atoms with Gasteiger partial charge in [0.25, 0.3) is 0 Å². The van der Waals surface area contributed by atoms with E-state index in [4.69, 9.17) is 14.6 Å². The summed E-state index contributed by atoms with van der Waals surface area (Å²) >= 11 is 0. The third-order valence-corrected chi connectivity index (χ3v) is 3.76. The Labute approximate surface area is 106 Å². The second-order valence-corrected chi connectivity index (χ2v) is 4.91. The van der Waals surface area contributed by atoms with E-state index in [1.54, 1.807) is 12.0 Å². The lowest BCUT2D eigenvalue weighted by Gasteiger charge is -2.27. The lowest BCUT2D eigenvalue weighted by atomic mass is 9.96. The minimum atomic E-state index is -0.947. The predicted octanol–water partition coefficient (Wildman–Crippen LogP) is 0.258. The molecule has 18 heavy (non-hydrogen) atoms. The Morgan fingerprint density at radius 1 is 1.50 bits per heavy atom. The van der Waals surface area contributed by atoms with E-state index in [0.717, 1.165) is 12.8 Å². The first-order chi connectivity index (χ1) is 8.57. The lowest BCUT2D eigenvalue weighted by molar-refractivity contribution is -0.140. The molecule has 1 amide bonds. The van der Waals surface area contributed by atoms with Gasteiger partial charge in [0.1, 0.15) is 11.7 Å². The van der Waals surface area contributed by atoms with Crippen LogP contribution in [-0.2, 0) is 19.1 Å². The molecule has 1 spiro atoms. The molecule has 2 saturated heterocycles. The van der Waals surface area contributed by atoms with Crippen LogP contribution in [0, 0.1) is 0 Å². The van der Waals surface area contributed by atoms with E-state index in [0.29, 0.717) is 19.7 Å². The highest BCUT2D eigenvalue weighted by Gasteiger charge is 2.51. The van der Waals surface area contributed by atoms with Crippen molar-refractivity contribution in [2.75, 3.05) is 26.8 Å². The summed E-state index contributed by atoms with van der Waals surface area (Å²) in [6, 6.07) is 0. The Morgan fingerprint density at radius 2 is 2.28 bits per heavy atom. The SMILES string of the molecule is CO[C@H]1CN(C(=O)CCC(=O)O)C[C@@]12CCCO2. The molecule has 0 aromatic carbocycles. The molecule has 2 aliphatic rings. The number of methoxy groups -OCH3 is 1. The first-order valence-electron chi connectivity index (χ1n) is 6.24. The molecule has 2 rings (SSSR count). The van der Waals surface area contributed by atoms with Crippen molar-refractivity contribution in [3.63, 3.8) is 0 Å². The number of amides is 1. The zero-order valence-corrected chi connectivity index (χ0v) is 10.6. The van der Waals surface area contributed by atoms with Crippen LogP contribution in [0.2, 0.25) is 0 Å². The highest BCUT2D eigenvalue weighted by atomic mass is 16.6. The number of likely N-dealkylation sites (tertiary alicyclic amines) is 1. The normalized spacial score (nSPS) is 31.2. The Bertz CT molecular complexity index is 337. The van der Waals surface area contributed by atoms with Gasteiger partial charge in [0, 0.05) is 26.7 Å². The molecule has 0 bridgehead atoms. The summed E-state index contributed by atoms with van der Waals surface area (Å²) in [5.41, 5.74) is -0.367. The Morgan fingerprint density at radius 3 is 2.83 bits per heavy atom. The molecule has 2 aliphatic heterocycles. The number of hydrogen-bond acceptors (Lipinski definition) is 4. The number of carbonyl (C=O) groups is 2. The van der Waals surface area contributed by atoms with Crippen molar-refractivity contribution >= 4 is 11.9 Å². The second kappa shape index (κ2) is 5.24. The zero-order valence-electron chi connectivity index (χ0n) is 10.6. The maximum Gasteiger partial charge on any atom is 0.303 e.